The first-order chi connectivity index (χ1) is 13.0. The van der Waals surface area contributed by atoms with Crippen molar-refractivity contribution < 1.29 is 14.7 Å². The summed E-state index contributed by atoms with van der Waals surface area (Å²) in [6.07, 6.45) is 2.65. The lowest BCUT2D eigenvalue weighted by molar-refractivity contribution is -0.138. The lowest BCUT2D eigenvalue weighted by Gasteiger charge is -2.22. The minimum Gasteiger partial charge on any atom is -0.480 e. The van der Waals surface area contributed by atoms with Gasteiger partial charge in [0, 0.05) is 17.8 Å². The van der Waals surface area contributed by atoms with Gasteiger partial charge in [0.05, 0.1) is 0 Å². The van der Waals surface area contributed by atoms with Gasteiger partial charge in [0.1, 0.15) is 6.04 Å². The summed E-state index contributed by atoms with van der Waals surface area (Å²) in [5, 5.41) is 8.33. The van der Waals surface area contributed by atoms with E-state index in [0.717, 1.165) is 24.2 Å². The molecule has 0 aliphatic carbocycles. The average molecular weight is 371 g/mol. The number of aliphatic carboxylic acids is 1. The highest BCUT2D eigenvalue weighted by Gasteiger charge is 2.15. The van der Waals surface area contributed by atoms with Crippen LogP contribution in [-0.4, -0.2) is 29.6 Å². The van der Waals surface area contributed by atoms with Crippen molar-refractivity contribution >= 4 is 23.3 Å². The van der Waals surface area contributed by atoms with Crippen LogP contribution in [0.1, 0.15) is 32.6 Å². The van der Waals surface area contributed by atoms with Crippen LogP contribution in [-0.2, 0) is 9.59 Å². The van der Waals surface area contributed by atoms with E-state index in [1.165, 1.54) is 0 Å². The van der Waals surface area contributed by atoms with Crippen molar-refractivity contribution in [2.24, 2.45) is 11.5 Å². The first-order valence-electron chi connectivity index (χ1n) is 9.12. The molecule has 0 aliphatic rings. The number of rotatable bonds is 8. The summed E-state index contributed by atoms with van der Waals surface area (Å²) >= 11 is 0. The number of hydrogen-bond acceptors (Lipinski definition) is 4. The van der Waals surface area contributed by atoms with E-state index < -0.39 is 12.0 Å². The highest BCUT2D eigenvalue weighted by molar-refractivity contribution is 6.00. The summed E-state index contributed by atoms with van der Waals surface area (Å²) in [5.41, 5.74) is 12.2. The van der Waals surface area contributed by atoms with E-state index in [4.69, 9.17) is 16.6 Å². The summed E-state index contributed by atoms with van der Waals surface area (Å²) in [4.78, 5) is 23.9. The Balaban J connectivity index is 0.000000314. The van der Waals surface area contributed by atoms with Crippen LogP contribution in [0.25, 0.3) is 0 Å². The highest BCUT2D eigenvalue weighted by Crippen LogP contribution is 2.25. The van der Waals surface area contributed by atoms with Crippen LogP contribution in [0.5, 0.6) is 0 Å². The molecule has 5 N–H and O–H groups in total. The van der Waals surface area contributed by atoms with Crippen molar-refractivity contribution in [1.29, 1.82) is 0 Å². The molecule has 0 aliphatic heterocycles. The van der Waals surface area contributed by atoms with Crippen LogP contribution < -0.4 is 16.4 Å². The normalized spacial score (nSPS) is 11.1. The molecule has 0 radical (unpaired) electrons. The maximum atomic E-state index is 12.0. The van der Waals surface area contributed by atoms with E-state index in [9.17, 15) is 9.59 Å². The molecule has 0 spiro atoms. The second-order valence-corrected chi connectivity index (χ2v) is 5.98. The molecule has 27 heavy (non-hydrogen) atoms. The first-order valence-corrected chi connectivity index (χ1v) is 9.12. The van der Waals surface area contributed by atoms with Gasteiger partial charge in [-0.2, -0.15) is 0 Å². The zero-order valence-corrected chi connectivity index (χ0v) is 15.8. The number of nitrogens with zero attached hydrogens (tertiary/aromatic N) is 1. The second kappa shape index (κ2) is 12.6. The number of nitrogens with two attached hydrogens (primary N) is 2. The molecule has 0 saturated carbocycles. The summed E-state index contributed by atoms with van der Waals surface area (Å²) in [5.74, 6) is -0.834. The lowest BCUT2D eigenvalue weighted by atomic mass is 10.1. The van der Waals surface area contributed by atoms with E-state index in [2.05, 4.69) is 0 Å². The van der Waals surface area contributed by atoms with Gasteiger partial charge in [-0.05, 0) is 43.7 Å². The molecule has 6 heteroatoms. The van der Waals surface area contributed by atoms with Crippen LogP contribution >= 0.6 is 0 Å². The minimum atomic E-state index is -0.933. The molecule has 0 fully saturated rings. The van der Waals surface area contributed by atoms with Gasteiger partial charge in [-0.1, -0.05) is 49.7 Å². The molecule has 2 aromatic rings. The SMILES string of the molecule is CCC(=O)N(c1ccccc1)c1ccccc1.NCCCC[C@H](N)C(=O)O. The number of anilines is 2. The fourth-order valence-corrected chi connectivity index (χ4v) is 2.38. The summed E-state index contributed by atoms with van der Waals surface area (Å²) < 4.78 is 0. The quantitative estimate of drug-likeness (QED) is 0.617. The van der Waals surface area contributed by atoms with E-state index >= 15 is 0 Å². The Bertz CT molecular complexity index is 638. The van der Waals surface area contributed by atoms with Crippen LogP contribution in [0.2, 0.25) is 0 Å². The van der Waals surface area contributed by atoms with Crippen LogP contribution in [0.15, 0.2) is 60.7 Å². The van der Waals surface area contributed by atoms with Gasteiger partial charge in [0.15, 0.2) is 0 Å². The molecule has 6 nitrogen and oxygen atoms in total. The summed E-state index contributed by atoms with van der Waals surface area (Å²) in [6.45, 7) is 2.48. The molecule has 0 unspecified atom stereocenters. The minimum absolute atomic E-state index is 0.0994. The number of carbonyl (C=O) groups excluding carboxylic acids is 1. The topological polar surface area (TPSA) is 110 Å². The van der Waals surface area contributed by atoms with Gasteiger partial charge in [-0.25, -0.2) is 0 Å². The molecular formula is C21H29N3O3. The molecular weight excluding hydrogens is 342 g/mol. The zero-order chi connectivity index (χ0) is 20.1. The number of carbonyl (C=O) groups is 2. The third-order valence-corrected chi connectivity index (χ3v) is 3.87. The van der Waals surface area contributed by atoms with Crippen molar-refractivity contribution in [3.05, 3.63) is 60.7 Å². The molecule has 1 atom stereocenters. The molecule has 1 amide bonds. The Kier molecular flexibility index (Phi) is 10.4. The Morgan fingerprint density at radius 2 is 1.44 bits per heavy atom. The van der Waals surface area contributed by atoms with E-state index in [-0.39, 0.29) is 5.91 Å². The summed E-state index contributed by atoms with van der Waals surface area (Å²) in [6, 6.07) is 18.7. The van der Waals surface area contributed by atoms with Gasteiger partial charge in [0.2, 0.25) is 5.91 Å². The maximum absolute atomic E-state index is 12.0. The van der Waals surface area contributed by atoms with E-state index in [1.807, 2.05) is 67.6 Å². The van der Waals surface area contributed by atoms with Gasteiger partial charge in [0.25, 0.3) is 0 Å². The van der Waals surface area contributed by atoms with Crippen molar-refractivity contribution in [3.8, 4) is 0 Å². The third kappa shape index (κ3) is 8.02. The fourth-order valence-electron chi connectivity index (χ4n) is 2.38. The largest absolute Gasteiger partial charge is 0.480 e. The van der Waals surface area contributed by atoms with E-state index in [1.54, 1.807) is 4.90 Å². The van der Waals surface area contributed by atoms with Crippen molar-refractivity contribution in [3.63, 3.8) is 0 Å². The Hall–Kier alpha value is -2.70. The van der Waals surface area contributed by atoms with Crippen molar-refractivity contribution in [2.75, 3.05) is 11.4 Å². The average Bonchev–Trinajstić information content (AvgIpc) is 2.70. The second-order valence-electron chi connectivity index (χ2n) is 5.98. The maximum Gasteiger partial charge on any atom is 0.320 e. The highest BCUT2D eigenvalue weighted by atomic mass is 16.4. The predicted molar refractivity (Wildman–Crippen MR) is 109 cm³/mol. The molecule has 0 heterocycles. The number of carboxylic acids is 1. The molecule has 0 bridgehead atoms. The lowest BCUT2D eigenvalue weighted by Crippen LogP contribution is -2.29. The molecule has 2 rings (SSSR count). The Morgan fingerprint density at radius 3 is 1.81 bits per heavy atom. The number of benzene rings is 2. The Labute approximate surface area is 160 Å². The van der Waals surface area contributed by atoms with Crippen LogP contribution in [0.4, 0.5) is 11.4 Å². The summed E-state index contributed by atoms with van der Waals surface area (Å²) in [7, 11) is 0. The van der Waals surface area contributed by atoms with E-state index in [0.29, 0.717) is 19.4 Å². The number of para-hydroxylation sites is 2. The number of carboxylic acid groups (broad SMARTS) is 1. The third-order valence-electron chi connectivity index (χ3n) is 3.87. The predicted octanol–water partition coefficient (Wildman–Crippen LogP) is 3.29. The van der Waals surface area contributed by atoms with Gasteiger partial charge >= 0.3 is 5.97 Å². The number of unbranched alkanes of at least 4 members (excludes halogenated alkanes) is 1. The van der Waals surface area contributed by atoms with Crippen LogP contribution in [0, 0.1) is 0 Å². The molecule has 146 valence electrons. The van der Waals surface area contributed by atoms with Crippen LogP contribution in [0.3, 0.4) is 0 Å². The molecule has 2 aromatic carbocycles. The molecule has 0 saturated heterocycles. The van der Waals surface area contributed by atoms with Crippen molar-refractivity contribution in [2.45, 2.75) is 38.6 Å². The number of amides is 1. The van der Waals surface area contributed by atoms with Gasteiger partial charge in [-0.3, -0.25) is 14.5 Å². The molecule has 0 aromatic heterocycles. The van der Waals surface area contributed by atoms with Gasteiger partial charge in [-0.15, -0.1) is 0 Å². The van der Waals surface area contributed by atoms with Gasteiger partial charge < -0.3 is 16.6 Å². The van der Waals surface area contributed by atoms with Crippen molar-refractivity contribution in [1.82, 2.24) is 0 Å². The number of hydrogen-bond donors (Lipinski definition) is 3. The first kappa shape index (κ1) is 22.3. The standard InChI is InChI=1S/C15H15NO.C6H14N2O2/c1-2-15(17)16(13-9-5-3-6-10-13)14-11-7-4-8-12-14;7-4-2-1-3-5(8)6(9)10/h3-12H,2H2,1H3;5H,1-4,7-8H2,(H,9,10)/t;5-/m.0/s1. The smallest absolute Gasteiger partial charge is 0.320 e. The fraction of sp³-hybridized carbons (Fsp3) is 0.333. The zero-order valence-electron chi connectivity index (χ0n) is 15.8. The Morgan fingerprint density at radius 1 is 0.963 bits per heavy atom. The monoisotopic (exact) mass is 371 g/mol.